The molecule has 188 valence electrons. The third-order valence-electron chi connectivity index (χ3n) is 7.99. The summed E-state index contributed by atoms with van der Waals surface area (Å²) in [6.45, 7) is 11.4. The summed E-state index contributed by atoms with van der Waals surface area (Å²) < 4.78 is 10.9. The van der Waals surface area contributed by atoms with Gasteiger partial charge in [0.15, 0.2) is 0 Å². The van der Waals surface area contributed by atoms with Crippen LogP contribution < -0.4 is 13.7 Å². The number of fused-ring (bicyclic) bond motifs is 5. The summed E-state index contributed by atoms with van der Waals surface area (Å²) in [6.07, 6.45) is 3.20. The Balaban J connectivity index is 1.81. The van der Waals surface area contributed by atoms with E-state index in [0.29, 0.717) is 0 Å². The Bertz CT molecular complexity index is 1770. The van der Waals surface area contributed by atoms with E-state index in [0.717, 1.165) is 17.9 Å². The molecule has 0 atom stereocenters. The number of aryl methyl sites for hydroxylation is 3. The van der Waals surface area contributed by atoms with Crippen molar-refractivity contribution < 1.29 is 9.30 Å². The Morgan fingerprint density at radius 1 is 0.838 bits per heavy atom. The van der Waals surface area contributed by atoms with Crippen LogP contribution in [0, 0.1) is 19.3 Å². The molecule has 0 saturated heterocycles. The van der Waals surface area contributed by atoms with Gasteiger partial charge in [0.05, 0.1) is 0 Å². The molecule has 2 nitrogen and oxygen atoms in total. The zero-order valence-electron chi connectivity index (χ0n) is 23.8. The van der Waals surface area contributed by atoms with E-state index in [4.69, 9.17) is 4.74 Å². The van der Waals surface area contributed by atoms with Crippen molar-refractivity contribution in [2.75, 3.05) is 0 Å². The molecule has 0 radical (unpaired) electrons. The zero-order valence-corrected chi connectivity index (χ0v) is 25.9. The Hall–Kier alpha value is -2.85. The van der Waals surface area contributed by atoms with Crippen molar-refractivity contribution in [1.82, 2.24) is 0 Å². The van der Waals surface area contributed by atoms with Gasteiger partial charge in [-0.1, -0.05) is 0 Å². The van der Waals surface area contributed by atoms with E-state index in [-0.39, 0.29) is 5.41 Å². The molecule has 0 bridgehead atoms. The SMILES string of the molecule is Cc1ccc2c(CC(C)(C)C)c3c(c(C)c2c1)-c1c2c(cc4[c]([Ge]([CH3])([CH3])[CH3])cccc4c2cc[n+]1C)O3. The zero-order chi connectivity index (χ0) is 26.4. The molecular weight excluding hydrogens is 511 g/mol. The van der Waals surface area contributed by atoms with Gasteiger partial charge in [-0.25, -0.2) is 0 Å². The Kier molecular flexibility index (Phi) is 5.34. The molecule has 2 heterocycles. The molecule has 1 aliphatic rings. The van der Waals surface area contributed by atoms with Gasteiger partial charge in [0.25, 0.3) is 0 Å². The van der Waals surface area contributed by atoms with Crippen LogP contribution in [0.3, 0.4) is 0 Å². The predicted octanol–water partition coefficient (Wildman–Crippen LogP) is 8.49. The van der Waals surface area contributed by atoms with E-state index >= 15 is 0 Å². The van der Waals surface area contributed by atoms with Crippen LogP contribution in [0.1, 0.15) is 37.5 Å². The van der Waals surface area contributed by atoms with Crippen LogP contribution in [0.25, 0.3) is 43.6 Å². The van der Waals surface area contributed by atoms with Crippen molar-refractivity contribution in [3.05, 3.63) is 71.4 Å². The first kappa shape index (κ1) is 24.5. The first-order valence-electron chi connectivity index (χ1n) is 13.5. The first-order valence-corrected chi connectivity index (χ1v) is 20.8. The fourth-order valence-electron chi connectivity index (χ4n) is 6.34. The molecule has 4 aromatic carbocycles. The fraction of sp³-hybridized carbons (Fsp3) is 0.324. The fourth-order valence-corrected chi connectivity index (χ4v) is 9.72. The predicted molar refractivity (Wildman–Crippen MR) is 161 cm³/mol. The Morgan fingerprint density at radius 3 is 2.30 bits per heavy atom. The van der Waals surface area contributed by atoms with E-state index in [1.54, 1.807) is 4.40 Å². The monoisotopic (exact) mass is 550 g/mol. The molecule has 0 amide bonds. The number of hydrogen-bond donors (Lipinski definition) is 0. The van der Waals surface area contributed by atoms with Gasteiger partial charge in [0, 0.05) is 0 Å². The molecule has 0 saturated carbocycles. The number of benzene rings is 4. The molecule has 0 unspecified atom stereocenters. The summed E-state index contributed by atoms with van der Waals surface area (Å²) in [5.41, 5.74) is 6.58. The Labute approximate surface area is 223 Å². The van der Waals surface area contributed by atoms with Gasteiger partial charge in [0.2, 0.25) is 0 Å². The molecule has 1 aromatic heterocycles. The molecule has 5 aromatic rings. The van der Waals surface area contributed by atoms with Gasteiger partial charge in [-0.2, -0.15) is 0 Å². The van der Waals surface area contributed by atoms with E-state index in [2.05, 4.69) is 118 Å². The number of ether oxygens (including phenoxy) is 1. The summed E-state index contributed by atoms with van der Waals surface area (Å²) in [4.78, 5) is 0. The van der Waals surface area contributed by atoms with E-state index < -0.39 is 13.3 Å². The summed E-state index contributed by atoms with van der Waals surface area (Å²) in [7, 11) is 2.18. The summed E-state index contributed by atoms with van der Waals surface area (Å²) >= 11 is -2.11. The van der Waals surface area contributed by atoms with Crippen LogP contribution in [0.2, 0.25) is 17.3 Å². The van der Waals surface area contributed by atoms with E-state index in [9.17, 15) is 0 Å². The van der Waals surface area contributed by atoms with Crippen LogP contribution >= 0.6 is 0 Å². The van der Waals surface area contributed by atoms with Gasteiger partial charge in [-0.3, -0.25) is 0 Å². The number of pyridine rings is 1. The second kappa shape index (κ2) is 8.07. The number of aromatic nitrogens is 1. The summed E-state index contributed by atoms with van der Waals surface area (Å²) in [5.74, 6) is 9.50. The molecule has 37 heavy (non-hydrogen) atoms. The van der Waals surface area contributed by atoms with Crippen LogP contribution in [0.5, 0.6) is 11.5 Å². The van der Waals surface area contributed by atoms with Gasteiger partial charge >= 0.3 is 224 Å². The van der Waals surface area contributed by atoms with E-state index in [1.807, 2.05) is 0 Å². The van der Waals surface area contributed by atoms with E-state index in [1.165, 1.54) is 60.3 Å². The summed E-state index contributed by atoms with van der Waals surface area (Å²) in [5, 5.41) is 7.90. The van der Waals surface area contributed by atoms with Crippen molar-refractivity contribution in [3.63, 3.8) is 0 Å². The molecule has 1 aliphatic heterocycles. The normalized spacial score (nSPS) is 13.3. The molecule has 0 aliphatic carbocycles. The van der Waals surface area contributed by atoms with Crippen molar-refractivity contribution >= 4 is 50.0 Å². The molecule has 0 spiro atoms. The van der Waals surface area contributed by atoms with Gasteiger partial charge in [0.1, 0.15) is 0 Å². The maximum absolute atomic E-state index is 7.08. The van der Waals surface area contributed by atoms with Crippen molar-refractivity contribution in [3.8, 4) is 22.8 Å². The van der Waals surface area contributed by atoms with Crippen LogP contribution in [0.15, 0.2) is 54.7 Å². The van der Waals surface area contributed by atoms with Crippen molar-refractivity contribution in [1.29, 1.82) is 0 Å². The van der Waals surface area contributed by atoms with Crippen LogP contribution in [-0.2, 0) is 13.5 Å². The standard InChI is InChI=1S/C34H38GeNO/c1-20-13-14-23-25(17-20)21(2)30-32-31-24(15-16-36(32)9)22-11-10-12-28(35(6,7)8)26(22)18-29(31)37-33(30)27(23)19-34(3,4)5/h10-18H,19H2,1-9H3/q+1. The maximum atomic E-state index is 7.08. The van der Waals surface area contributed by atoms with Crippen LogP contribution in [0.4, 0.5) is 0 Å². The van der Waals surface area contributed by atoms with Crippen molar-refractivity contribution in [2.24, 2.45) is 12.5 Å². The topological polar surface area (TPSA) is 13.1 Å². The number of nitrogens with zero attached hydrogens (tertiary/aromatic N) is 1. The molecule has 6 rings (SSSR count). The van der Waals surface area contributed by atoms with Gasteiger partial charge in [-0.05, 0) is 0 Å². The minimum absolute atomic E-state index is 0.134. The second-order valence-corrected chi connectivity index (χ2v) is 23.9. The van der Waals surface area contributed by atoms with Gasteiger partial charge in [-0.15, -0.1) is 0 Å². The second-order valence-electron chi connectivity index (χ2n) is 13.3. The molecule has 0 fully saturated rings. The average molecular weight is 549 g/mol. The minimum atomic E-state index is -2.11. The average Bonchev–Trinajstić information content (AvgIpc) is 2.81. The number of hydrogen-bond acceptors (Lipinski definition) is 1. The van der Waals surface area contributed by atoms with Crippen molar-refractivity contribution in [2.45, 2.75) is 58.3 Å². The molecule has 3 heteroatoms. The van der Waals surface area contributed by atoms with Gasteiger partial charge < -0.3 is 0 Å². The third kappa shape index (κ3) is 3.79. The quantitative estimate of drug-likeness (QED) is 0.120. The molecule has 0 N–H and O–H groups in total. The summed E-state index contributed by atoms with van der Waals surface area (Å²) in [6, 6.07) is 18.5. The number of rotatable bonds is 2. The Morgan fingerprint density at radius 2 is 1.59 bits per heavy atom. The first-order chi connectivity index (χ1) is 17.3. The van der Waals surface area contributed by atoms with Crippen LogP contribution in [-0.4, -0.2) is 13.3 Å². The third-order valence-corrected chi connectivity index (χ3v) is 12.3. The molecular formula is C34H38GeNO+.